The maximum Gasteiger partial charge on any atom is 0.416 e. The number of aromatic nitrogens is 2. The van der Waals surface area contributed by atoms with Crippen LogP contribution in [-0.4, -0.2) is 38.9 Å². The van der Waals surface area contributed by atoms with Crippen LogP contribution in [0.15, 0.2) is 91.1 Å². The molecule has 3 aromatic carbocycles. The molecule has 0 saturated heterocycles. The fraction of sp³-hybridized carbons (Fsp3) is 0.207. The van der Waals surface area contributed by atoms with Gasteiger partial charge >= 0.3 is 6.18 Å². The summed E-state index contributed by atoms with van der Waals surface area (Å²) in [5.41, 5.74) is 1.83. The summed E-state index contributed by atoms with van der Waals surface area (Å²) in [7, 11) is 0. The number of anilines is 1. The zero-order chi connectivity index (χ0) is 26.7. The summed E-state index contributed by atoms with van der Waals surface area (Å²) in [5, 5.41) is 2.77. The predicted octanol–water partition coefficient (Wildman–Crippen LogP) is 5.73. The topological polar surface area (TPSA) is 67.2 Å². The number of carbonyl (C=O) groups is 2. The number of rotatable bonds is 8. The molecule has 0 unspecified atom stereocenters. The highest BCUT2D eigenvalue weighted by Crippen LogP contribution is 2.31. The minimum absolute atomic E-state index is 0.0199. The zero-order valence-corrected chi connectivity index (χ0v) is 20.4. The van der Waals surface area contributed by atoms with Gasteiger partial charge in [0.1, 0.15) is 6.54 Å². The number of hydrogen-bond acceptors (Lipinski definition) is 3. The summed E-state index contributed by atoms with van der Waals surface area (Å²) in [6.45, 7) is -0.142. The normalized spacial score (nSPS) is 13.2. The molecule has 1 fully saturated rings. The molecule has 1 heterocycles. The highest BCUT2D eigenvalue weighted by atomic mass is 19.4. The lowest BCUT2D eigenvalue weighted by atomic mass is 10.1. The van der Waals surface area contributed by atoms with Gasteiger partial charge in [-0.05, 0) is 42.7 Å². The number of hydrogen-bond donors (Lipinski definition) is 1. The molecular weight excluding hydrogens is 493 g/mol. The third kappa shape index (κ3) is 5.94. The van der Waals surface area contributed by atoms with Gasteiger partial charge in [-0.25, -0.2) is 4.98 Å². The van der Waals surface area contributed by atoms with Crippen LogP contribution in [0, 0.1) is 0 Å². The van der Waals surface area contributed by atoms with Gasteiger partial charge in [-0.3, -0.25) is 19.5 Å². The lowest BCUT2D eigenvalue weighted by Gasteiger charge is -2.22. The number of alkyl halides is 3. The van der Waals surface area contributed by atoms with E-state index in [0.717, 1.165) is 36.1 Å². The van der Waals surface area contributed by atoms with E-state index in [1.807, 2.05) is 60.7 Å². The third-order valence-corrected chi connectivity index (χ3v) is 6.32. The molecule has 4 aromatic rings. The summed E-state index contributed by atoms with van der Waals surface area (Å²) in [6.07, 6.45) is -0.924. The van der Waals surface area contributed by atoms with Crippen LogP contribution in [0.4, 0.5) is 19.1 Å². The molecule has 194 valence electrons. The van der Waals surface area contributed by atoms with Crippen LogP contribution in [0.25, 0.3) is 16.9 Å². The van der Waals surface area contributed by atoms with Crippen molar-refractivity contribution in [1.29, 1.82) is 0 Å². The van der Waals surface area contributed by atoms with Crippen molar-refractivity contribution >= 4 is 17.8 Å². The van der Waals surface area contributed by atoms with E-state index >= 15 is 0 Å². The lowest BCUT2D eigenvalue weighted by molar-refractivity contribution is -0.137. The summed E-state index contributed by atoms with van der Waals surface area (Å²) < 4.78 is 40.8. The Morgan fingerprint density at radius 3 is 2.16 bits per heavy atom. The molecule has 0 aliphatic heterocycles. The third-order valence-electron chi connectivity index (χ3n) is 6.32. The van der Waals surface area contributed by atoms with Gasteiger partial charge in [-0.2, -0.15) is 13.2 Å². The van der Waals surface area contributed by atoms with E-state index < -0.39 is 17.6 Å². The largest absolute Gasteiger partial charge is 0.416 e. The van der Waals surface area contributed by atoms with E-state index in [-0.39, 0.29) is 30.9 Å². The molecule has 1 aliphatic carbocycles. The quantitative estimate of drug-likeness (QED) is 0.324. The summed E-state index contributed by atoms with van der Waals surface area (Å²) in [5.74, 6) is -0.415. The molecule has 0 atom stereocenters. The molecule has 1 N–H and O–H groups in total. The van der Waals surface area contributed by atoms with Crippen LogP contribution in [0.3, 0.4) is 0 Å². The van der Waals surface area contributed by atoms with Gasteiger partial charge in [-0.1, -0.05) is 60.7 Å². The number of benzene rings is 3. The highest BCUT2D eigenvalue weighted by Gasteiger charge is 2.34. The van der Waals surface area contributed by atoms with Crippen molar-refractivity contribution < 1.29 is 22.8 Å². The first-order valence-corrected chi connectivity index (χ1v) is 12.2. The Morgan fingerprint density at radius 1 is 0.921 bits per heavy atom. The Morgan fingerprint density at radius 2 is 1.55 bits per heavy atom. The van der Waals surface area contributed by atoms with E-state index in [1.54, 1.807) is 11.1 Å². The second-order valence-electron chi connectivity index (χ2n) is 9.19. The molecule has 1 saturated carbocycles. The van der Waals surface area contributed by atoms with E-state index in [1.165, 1.54) is 16.7 Å². The maximum atomic E-state index is 13.1. The highest BCUT2D eigenvalue weighted by molar-refractivity contribution is 5.94. The number of nitrogens with zero attached hydrogens (tertiary/aromatic N) is 3. The van der Waals surface area contributed by atoms with Gasteiger partial charge in [0.25, 0.3) is 0 Å². The monoisotopic (exact) mass is 518 g/mol. The average Bonchev–Trinajstić information content (AvgIpc) is 3.67. The summed E-state index contributed by atoms with van der Waals surface area (Å²) >= 11 is 0. The van der Waals surface area contributed by atoms with Crippen molar-refractivity contribution in [3.63, 3.8) is 0 Å². The van der Waals surface area contributed by atoms with Crippen LogP contribution in [0.1, 0.15) is 24.0 Å². The predicted molar refractivity (Wildman–Crippen MR) is 138 cm³/mol. The smallest absolute Gasteiger partial charge is 0.330 e. The molecule has 1 aliphatic rings. The number of nitrogens with one attached hydrogen (secondary N) is 1. The van der Waals surface area contributed by atoms with Gasteiger partial charge in [-0.15, -0.1) is 0 Å². The lowest BCUT2D eigenvalue weighted by Crippen LogP contribution is -2.40. The van der Waals surface area contributed by atoms with Crippen LogP contribution < -0.4 is 5.32 Å². The Kier molecular flexibility index (Phi) is 7.00. The van der Waals surface area contributed by atoms with E-state index in [9.17, 15) is 22.8 Å². The minimum Gasteiger partial charge on any atom is -0.330 e. The molecule has 1 aromatic heterocycles. The first kappa shape index (κ1) is 25.3. The Labute approximate surface area is 217 Å². The van der Waals surface area contributed by atoms with E-state index in [2.05, 4.69) is 10.3 Å². The van der Waals surface area contributed by atoms with Gasteiger partial charge in [0.05, 0.1) is 17.7 Å². The molecule has 5 rings (SSSR count). The van der Waals surface area contributed by atoms with Crippen molar-refractivity contribution in [2.45, 2.75) is 31.5 Å². The van der Waals surface area contributed by atoms with Crippen molar-refractivity contribution in [1.82, 2.24) is 14.5 Å². The Hall–Kier alpha value is -4.40. The Balaban J connectivity index is 1.38. The van der Waals surface area contributed by atoms with Crippen LogP contribution in [0.2, 0.25) is 0 Å². The maximum absolute atomic E-state index is 13.1. The fourth-order valence-corrected chi connectivity index (χ4v) is 4.22. The van der Waals surface area contributed by atoms with Crippen molar-refractivity contribution in [2.75, 3.05) is 11.9 Å². The second-order valence-corrected chi connectivity index (χ2v) is 9.19. The minimum atomic E-state index is -4.46. The molecule has 0 radical (unpaired) electrons. The summed E-state index contributed by atoms with van der Waals surface area (Å²) in [6, 6.07) is 23.2. The van der Waals surface area contributed by atoms with Crippen LogP contribution in [0.5, 0.6) is 0 Å². The fourth-order valence-electron chi connectivity index (χ4n) is 4.22. The van der Waals surface area contributed by atoms with Crippen molar-refractivity contribution in [2.24, 2.45) is 0 Å². The van der Waals surface area contributed by atoms with Crippen molar-refractivity contribution in [3.8, 4) is 16.9 Å². The number of amides is 2. The molecule has 38 heavy (non-hydrogen) atoms. The standard InChI is InChI=1S/C29H25F3N4O2/c30-29(31,32)22-11-13-24(14-12-22)36-18-25(21-9-5-2-6-10-21)33-28(36)34-26(37)19-35(23-15-16-23)27(38)17-20-7-3-1-4-8-20/h1-14,18,23H,15-17,19H2,(H,33,34,37). The summed E-state index contributed by atoms with van der Waals surface area (Å²) in [4.78, 5) is 32.3. The zero-order valence-electron chi connectivity index (χ0n) is 20.4. The molecule has 0 spiro atoms. The van der Waals surface area contributed by atoms with Gasteiger partial charge in [0.15, 0.2) is 0 Å². The van der Waals surface area contributed by atoms with E-state index in [0.29, 0.717) is 11.4 Å². The second kappa shape index (κ2) is 10.5. The number of imidazole rings is 1. The molecular formula is C29H25F3N4O2. The number of carbonyl (C=O) groups excluding carboxylic acids is 2. The van der Waals surface area contributed by atoms with Crippen molar-refractivity contribution in [3.05, 3.63) is 102 Å². The molecule has 2 amide bonds. The van der Waals surface area contributed by atoms with E-state index in [4.69, 9.17) is 0 Å². The molecule has 9 heteroatoms. The van der Waals surface area contributed by atoms with Gasteiger partial charge in [0.2, 0.25) is 17.8 Å². The number of halogens is 3. The van der Waals surface area contributed by atoms with Gasteiger partial charge < -0.3 is 4.90 Å². The molecule has 6 nitrogen and oxygen atoms in total. The van der Waals surface area contributed by atoms with Crippen LogP contribution in [-0.2, 0) is 22.2 Å². The average molecular weight is 519 g/mol. The Bertz CT molecular complexity index is 1410. The van der Waals surface area contributed by atoms with Gasteiger partial charge in [0, 0.05) is 23.5 Å². The van der Waals surface area contributed by atoms with Crippen LogP contribution >= 0.6 is 0 Å². The molecule has 0 bridgehead atoms. The first-order chi connectivity index (χ1) is 18.3. The first-order valence-electron chi connectivity index (χ1n) is 12.2. The SMILES string of the molecule is O=C(CN(C(=O)Cc1ccccc1)C1CC1)Nc1nc(-c2ccccc2)cn1-c1ccc(C(F)(F)F)cc1.